The number of aromatic hydroxyl groups is 1. The van der Waals surface area contributed by atoms with Crippen molar-refractivity contribution in [3.05, 3.63) is 42.0 Å². The quantitative estimate of drug-likeness (QED) is 0.918. The van der Waals surface area contributed by atoms with E-state index in [9.17, 15) is 9.90 Å². The topological polar surface area (TPSA) is 40.5 Å². The maximum atomic E-state index is 12.6. The highest BCUT2D eigenvalue weighted by Gasteiger charge is 2.21. The molecule has 2 aromatic rings. The third-order valence-electron chi connectivity index (χ3n) is 3.82. The van der Waals surface area contributed by atoms with Gasteiger partial charge in [-0.05, 0) is 43.2 Å². The van der Waals surface area contributed by atoms with Crippen LogP contribution in [0.5, 0.6) is 5.75 Å². The molecule has 0 spiro atoms. The van der Waals surface area contributed by atoms with E-state index >= 15 is 0 Å². The smallest absolute Gasteiger partial charge is 0.257 e. The van der Waals surface area contributed by atoms with Gasteiger partial charge in [-0.1, -0.05) is 31.2 Å². The van der Waals surface area contributed by atoms with Gasteiger partial charge in [0, 0.05) is 12.6 Å². The Bertz CT molecular complexity index is 621. The maximum Gasteiger partial charge on any atom is 0.257 e. The van der Waals surface area contributed by atoms with Crippen molar-refractivity contribution >= 4 is 16.7 Å². The van der Waals surface area contributed by atoms with Gasteiger partial charge in [-0.3, -0.25) is 4.79 Å². The first-order chi connectivity index (χ1) is 9.58. The van der Waals surface area contributed by atoms with Crippen LogP contribution in [-0.2, 0) is 0 Å². The molecular weight excluding hydrogens is 250 g/mol. The van der Waals surface area contributed by atoms with E-state index in [0.717, 1.165) is 17.2 Å². The normalized spacial score (nSPS) is 12.3. The first kappa shape index (κ1) is 14.4. The number of rotatable bonds is 4. The minimum Gasteiger partial charge on any atom is -0.507 e. The van der Waals surface area contributed by atoms with Gasteiger partial charge in [0.15, 0.2) is 0 Å². The van der Waals surface area contributed by atoms with E-state index in [2.05, 4.69) is 6.92 Å². The average Bonchev–Trinajstić information content (AvgIpc) is 2.46. The Morgan fingerprint density at radius 1 is 1.20 bits per heavy atom. The summed E-state index contributed by atoms with van der Waals surface area (Å²) in [5, 5.41) is 12.0. The molecule has 3 nitrogen and oxygen atoms in total. The van der Waals surface area contributed by atoms with Crippen molar-refractivity contribution in [2.24, 2.45) is 0 Å². The Morgan fingerprint density at radius 2 is 1.80 bits per heavy atom. The van der Waals surface area contributed by atoms with Crippen molar-refractivity contribution in [2.45, 2.75) is 33.2 Å². The lowest BCUT2D eigenvalue weighted by Crippen LogP contribution is -2.38. The number of carbonyl (C=O) groups is 1. The lowest BCUT2D eigenvalue weighted by atomic mass is 10.0. The molecule has 1 N–H and O–H groups in total. The number of carbonyl (C=O) groups excluding carboxylic acids is 1. The monoisotopic (exact) mass is 271 g/mol. The van der Waals surface area contributed by atoms with Crippen molar-refractivity contribution in [3.8, 4) is 5.75 Å². The van der Waals surface area contributed by atoms with Crippen LogP contribution in [0.2, 0.25) is 0 Å². The first-order valence-electron chi connectivity index (χ1n) is 7.11. The predicted octanol–water partition coefficient (Wildman–Crippen LogP) is 3.81. The van der Waals surface area contributed by atoms with E-state index in [4.69, 9.17) is 0 Å². The Morgan fingerprint density at radius 3 is 2.35 bits per heavy atom. The third-order valence-corrected chi connectivity index (χ3v) is 3.82. The second-order valence-electron chi connectivity index (χ2n) is 5.06. The van der Waals surface area contributed by atoms with E-state index < -0.39 is 0 Å². The summed E-state index contributed by atoms with van der Waals surface area (Å²) in [4.78, 5) is 14.4. The Hall–Kier alpha value is -2.03. The highest BCUT2D eigenvalue weighted by molar-refractivity contribution is 6.01. The number of fused-ring (bicyclic) bond motifs is 1. The van der Waals surface area contributed by atoms with Gasteiger partial charge in [-0.2, -0.15) is 0 Å². The molecule has 1 unspecified atom stereocenters. The standard InChI is InChI=1S/C17H21NO2/c1-4-12(3)18(5-2)17(20)15-10-13-8-6-7-9-14(13)11-16(15)19/h6-12,19H,4-5H2,1-3H3. The fraction of sp³-hybridized carbons (Fsp3) is 0.353. The summed E-state index contributed by atoms with van der Waals surface area (Å²) in [7, 11) is 0. The largest absolute Gasteiger partial charge is 0.507 e. The molecule has 0 aliphatic rings. The first-order valence-corrected chi connectivity index (χ1v) is 7.11. The summed E-state index contributed by atoms with van der Waals surface area (Å²) < 4.78 is 0. The van der Waals surface area contributed by atoms with Gasteiger partial charge in [-0.15, -0.1) is 0 Å². The number of benzene rings is 2. The Balaban J connectivity index is 2.45. The zero-order chi connectivity index (χ0) is 14.7. The fourth-order valence-electron chi connectivity index (χ4n) is 2.43. The van der Waals surface area contributed by atoms with E-state index in [1.54, 1.807) is 17.0 Å². The van der Waals surface area contributed by atoms with Gasteiger partial charge < -0.3 is 10.0 Å². The van der Waals surface area contributed by atoms with E-state index in [1.165, 1.54) is 0 Å². The molecule has 0 radical (unpaired) electrons. The Kier molecular flexibility index (Phi) is 4.28. The molecule has 0 aliphatic carbocycles. The van der Waals surface area contributed by atoms with Gasteiger partial charge in [0.2, 0.25) is 0 Å². The van der Waals surface area contributed by atoms with Crippen molar-refractivity contribution in [3.63, 3.8) is 0 Å². The zero-order valence-corrected chi connectivity index (χ0v) is 12.3. The predicted molar refractivity (Wildman–Crippen MR) is 82.1 cm³/mol. The Labute approximate surface area is 119 Å². The van der Waals surface area contributed by atoms with Crippen molar-refractivity contribution in [1.29, 1.82) is 0 Å². The van der Waals surface area contributed by atoms with Crippen molar-refractivity contribution in [1.82, 2.24) is 4.90 Å². The van der Waals surface area contributed by atoms with E-state index in [1.807, 2.05) is 38.1 Å². The number of phenolic OH excluding ortho intramolecular Hbond substituents is 1. The lowest BCUT2D eigenvalue weighted by molar-refractivity contribution is 0.0697. The third kappa shape index (κ3) is 2.62. The molecule has 3 heteroatoms. The van der Waals surface area contributed by atoms with Gasteiger partial charge >= 0.3 is 0 Å². The summed E-state index contributed by atoms with van der Waals surface area (Å²) in [6, 6.07) is 11.3. The fourth-order valence-corrected chi connectivity index (χ4v) is 2.43. The van der Waals surface area contributed by atoms with Crippen LogP contribution in [0.1, 0.15) is 37.6 Å². The van der Waals surface area contributed by atoms with Crippen LogP contribution < -0.4 is 0 Å². The van der Waals surface area contributed by atoms with E-state index in [0.29, 0.717) is 12.1 Å². The van der Waals surface area contributed by atoms with Gasteiger partial charge in [0.25, 0.3) is 5.91 Å². The van der Waals surface area contributed by atoms with Gasteiger partial charge in [0.1, 0.15) is 5.75 Å². The van der Waals surface area contributed by atoms with Crippen LogP contribution in [0.15, 0.2) is 36.4 Å². The van der Waals surface area contributed by atoms with E-state index in [-0.39, 0.29) is 17.7 Å². The van der Waals surface area contributed by atoms with Crippen LogP contribution in [0, 0.1) is 0 Å². The van der Waals surface area contributed by atoms with Gasteiger partial charge in [0.05, 0.1) is 5.56 Å². The minimum atomic E-state index is -0.106. The second kappa shape index (κ2) is 5.95. The van der Waals surface area contributed by atoms with Crippen LogP contribution in [-0.4, -0.2) is 28.5 Å². The summed E-state index contributed by atoms with van der Waals surface area (Å²) in [6.07, 6.45) is 0.897. The van der Waals surface area contributed by atoms with Crippen molar-refractivity contribution < 1.29 is 9.90 Å². The summed E-state index contributed by atoms with van der Waals surface area (Å²) in [6.45, 7) is 6.68. The second-order valence-corrected chi connectivity index (χ2v) is 5.06. The van der Waals surface area contributed by atoms with Crippen LogP contribution in [0.25, 0.3) is 10.8 Å². The lowest BCUT2D eigenvalue weighted by Gasteiger charge is -2.27. The summed E-state index contributed by atoms with van der Waals surface area (Å²) in [5.41, 5.74) is 0.380. The molecule has 1 amide bonds. The van der Waals surface area contributed by atoms with Gasteiger partial charge in [-0.25, -0.2) is 0 Å². The molecular formula is C17H21NO2. The molecule has 0 saturated carbocycles. The molecule has 1 atom stereocenters. The molecule has 20 heavy (non-hydrogen) atoms. The van der Waals surface area contributed by atoms with Crippen LogP contribution in [0.3, 0.4) is 0 Å². The maximum absolute atomic E-state index is 12.6. The number of hydrogen-bond donors (Lipinski definition) is 1. The molecule has 2 rings (SSSR count). The molecule has 0 heterocycles. The van der Waals surface area contributed by atoms with Crippen molar-refractivity contribution in [2.75, 3.05) is 6.54 Å². The van der Waals surface area contributed by atoms with Crippen LogP contribution >= 0.6 is 0 Å². The highest BCUT2D eigenvalue weighted by Crippen LogP contribution is 2.26. The minimum absolute atomic E-state index is 0.0513. The average molecular weight is 271 g/mol. The zero-order valence-electron chi connectivity index (χ0n) is 12.3. The molecule has 0 bridgehead atoms. The SMILES string of the molecule is CCC(C)N(CC)C(=O)c1cc2ccccc2cc1O. The highest BCUT2D eigenvalue weighted by atomic mass is 16.3. The molecule has 0 saturated heterocycles. The molecule has 0 aromatic heterocycles. The molecule has 106 valence electrons. The van der Waals surface area contributed by atoms with Crippen LogP contribution in [0.4, 0.5) is 0 Å². The number of nitrogens with zero attached hydrogens (tertiary/aromatic N) is 1. The number of phenols is 1. The summed E-state index contributed by atoms with van der Waals surface area (Å²) >= 11 is 0. The molecule has 0 fully saturated rings. The molecule has 2 aromatic carbocycles. The molecule has 0 aliphatic heterocycles. The number of amides is 1. The summed E-state index contributed by atoms with van der Waals surface area (Å²) in [5.74, 6) is -0.0550. The number of hydrogen-bond acceptors (Lipinski definition) is 2.